The zero-order valence-electron chi connectivity index (χ0n) is 15.7. The Kier molecular flexibility index (Phi) is 6.83. The third-order valence-corrected chi connectivity index (χ3v) is 4.37. The van der Waals surface area contributed by atoms with Crippen LogP contribution in [-0.2, 0) is 13.0 Å². The molecule has 4 nitrogen and oxygen atoms in total. The summed E-state index contributed by atoms with van der Waals surface area (Å²) in [6.07, 6.45) is 8.44. The van der Waals surface area contributed by atoms with E-state index in [4.69, 9.17) is 9.52 Å². The number of unbranched alkanes of at least 4 members (excludes halogenated alkanes) is 1. The number of aryl methyl sites for hydroxylation is 2. The van der Waals surface area contributed by atoms with E-state index in [0.717, 1.165) is 36.2 Å². The molecular weight excluding hydrogens is 336 g/mol. The fourth-order valence-electron chi connectivity index (χ4n) is 2.75. The van der Waals surface area contributed by atoms with E-state index in [1.165, 1.54) is 11.1 Å². The van der Waals surface area contributed by atoms with Gasteiger partial charge in [-0.25, -0.2) is 4.98 Å². The molecule has 0 amide bonds. The highest BCUT2D eigenvalue weighted by Gasteiger charge is 2.02. The van der Waals surface area contributed by atoms with Gasteiger partial charge in [0.15, 0.2) is 0 Å². The summed E-state index contributed by atoms with van der Waals surface area (Å²) >= 11 is 0. The van der Waals surface area contributed by atoms with Crippen molar-refractivity contribution in [2.75, 3.05) is 11.9 Å². The minimum atomic E-state index is 0.263. The average molecular weight is 362 g/mol. The second-order valence-corrected chi connectivity index (χ2v) is 6.65. The maximum absolute atomic E-state index is 8.84. The van der Waals surface area contributed by atoms with Crippen molar-refractivity contribution in [1.29, 1.82) is 0 Å². The van der Waals surface area contributed by atoms with Crippen molar-refractivity contribution in [3.05, 3.63) is 83.1 Å². The number of aliphatic hydroxyl groups excluding tert-OH is 1. The lowest BCUT2D eigenvalue weighted by Gasteiger charge is -2.06. The Bertz CT molecular complexity index is 849. The summed E-state index contributed by atoms with van der Waals surface area (Å²) < 4.78 is 5.51. The van der Waals surface area contributed by atoms with E-state index in [1.54, 1.807) is 6.26 Å². The Morgan fingerprint density at radius 3 is 2.52 bits per heavy atom. The maximum atomic E-state index is 8.84. The lowest BCUT2D eigenvalue weighted by Crippen LogP contribution is -1.99. The first kappa shape index (κ1) is 18.9. The van der Waals surface area contributed by atoms with Crippen molar-refractivity contribution in [3.8, 4) is 0 Å². The van der Waals surface area contributed by atoms with Gasteiger partial charge in [-0.3, -0.25) is 0 Å². The Labute approximate surface area is 160 Å². The van der Waals surface area contributed by atoms with Gasteiger partial charge in [0.1, 0.15) is 6.26 Å². The van der Waals surface area contributed by atoms with Gasteiger partial charge in [-0.2, -0.15) is 0 Å². The molecule has 140 valence electrons. The third-order valence-electron chi connectivity index (χ3n) is 4.37. The van der Waals surface area contributed by atoms with Gasteiger partial charge in [-0.1, -0.05) is 42.0 Å². The molecule has 0 aliphatic rings. The Balaban J connectivity index is 1.49. The van der Waals surface area contributed by atoms with Crippen molar-refractivity contribution in [1.82, 2.24) is 4.98 Å². The van der Waals surface area contributed by atoms with Crippen LogP contribution in [0.3, 0.4) is 0 Å². The summed E-state index contributed by atoms with van der Waals surface area (Å²) in [4.78, 5) is 4.49. The molecule has 2 aromatic carbocycles. The van der Waals surface area contributed by atoms with Crippen molar-refractivity contribution in [2.45, 2.75) is 32.7 Å². The molecule has 0 radical (unpaired) electrons. The van der Waals surface area contributed by atoms with E-state index in [-0.39, 0.29) is 6.61 Å². The molecule has 0 aliphatic heterocycles. The van der Waals surface area contributed by atoms with E-state index in [0.29, 0.717) is 12.4 Å². The number of benzene rings is 2. The van der Waals surface area contributed by atoms with Gasteiger partial charge in [0.25, 0.3) is 0 Å². The predicted molar refractivity (Wildman–Crippen MR) is 110 cm³/mol. The number of rotatable bonds is 9. The first-order chi connectivity index (χ1) is 13.2. The van der Waals surface area contributed by atoms with Crippen LogP contribution >= 0.6 is 0 Å². The fraction of sp³-hybridized carbons (Fsp3) is 0.261. The molecule has 0 saturated heterocycles. The molecule has 0 atom stereocenters. The molecule has 1 aromatic heterocycles. The number of nitrogens with one attached hydrogen (secondary N) is 1. The Morgan fingerprint density at radius 1 is 1.00 bits per heavy atom. The highest BCUT2D eigenvalue weighted by molar-refractivity contribution is 5.66. The minimum Gasteiger partial charge on any atom is -0.445 e. The summed E-state index contributed by atoms with van der Waals surface area (Å²) in [5.74, 6) is 0.603. The quantitative estimate of drug-likeness (QED) is 0.521. The maximum Gasteiger partial charge on any atom is 0.218 e. The highest BCUT2D eigenvalue weighted by atomic mass is 16.3. The molecule has 0 saturated carbocycles. The smallest absolute Gasteiger partial charge is 0.218 e. The van der Waals surface area contributed by atoms with Crippen molar-refractivity contribution in [2.24, 2.45) is 0 Å². The van der Waals surface area contributed by atoms with Gasteiger partial charge in [-0.05, 0) is 55.5 Å². The van der Waals surface area contributed by atoms with E-state index in [1.807, 2.05) is 12.2 Å². The predicted octanol–water partition coefficient (Wildman–Crippen LogP) is 5.08. The monoisotopic (exact) mass is 362 g/mol. The summed E-state index contributed by atoms with van der Waals surface area (Å²) in [5, 5.41) is 12.2. The number of hydrogen-bond acceptors (Lipinski definition) is 4. The van der Waals surface area contributed by atoms with Gasteiger partial charge in [0.05, 0.1) is 12.2 Å². The molecule has 3 aromatic rings. The SMILES string of the molecule is Cc1ccc(/C=C/c2nc(CNc3ccc(CCCCO)cc3)co2)cc1. The molecule has 0 spiro atoms. The standard InChI is InChI=1S/C23H26N2O2/c1-18-5-7-20(8-6-18)11-14-23-25-22(17-27-23)16-24-21-12-9-19(10-13-21)4-2-3-15-26/h5-14,17,24,26H,2-4,15-16H2,1H3/b14-11+. The molecule has 0 unspecified atom stereocenters. The minimum absolute atomic E-state index is 0.263. The van der Waals surface area contributed by atoms with E-state index >= 15 is 0 Å². The third kappa shape index (κ3) is 6.12. The Morgan fingerprint density at radius 2 is 1.78 bits per heavy atom. The van der Waals surface area contributed by atoms with Gasteiger partial charge in [0.2, 0.25) is 5.89 Å². The van der Waals surface area contributed by atoms with E-state index < -0.39 is 0 Å². The van der Waals surface area contributed by atoms with Gasteiger partial charge < -0.3 is 14.8 Å². The number of aliphatic hydroxyl groups is 1. The van der Waals surface area contributed by atoms with Crippen LogP contribution in [0, 0.1) is 6.92 Å². The molecule has 27 heavy (non-hydrogen) atoms. The normalized spacial score (nSPS) is 11.2. The molecule has 0 aliphatic carbocycles. The van der Waals surface area contributed by atoms with Crippen LogP contribution in [0.5, 0.6) is 0 Å². The second kappa shape index (κ2) is 9.74. The van der Waals surface area contributed by atoms with E-state index in [2.05, 4.69) is 65.8 Å². The second-order valence-electron chi connectivity index (χ2n) is 6.65. The molecular formula is C23H26N2O2. The summed E-state index contributed by atoms with van der Waals surface area (Å²) in [7, 11) is 0. The average Bonchev–Trinajstić information content (AvgIpc) is 3.15. The van der Waals surface area contributed by atoms with Crippen LogP contribution < -0.4 is 5.32 Å². The molecule has 0 bridgehead atoms. The fourth-order valence-corrected chi connectivity index (χ4v) is 2.75. The van der Waals surface area contributed by atoms with Crippen molar-refractivity contribution < 1.29 is 9.52 Å². The van der Waals surface area contributed by atoms with Gasteiger partial charge >= 0.3 is 0 Å². The topological polar surface area (TPSA) is 58.3 Å². The number of aromatic nitrogens is 1. The summed E-state index contributed by atoms with van der Waals surface area (Å²) in [6.45, 7) is 2.96. The van der Waals surface area contributed by atoms with Crippen LogP contribution in [-0.4, -0.2) is 16.7 Å². The van der Waals surface area contributed by atoms with Crippen LogP contribution in [0.15, 0.2) is 59.2 Å². The largest absolute Gasteiger partial charge is 0.445 e. The van der Waals surface area contributed by atoms with E-state index in [9.17, 15) is 0 Å². The van der Waals surface area contributed by atoms with Crippen LogP contribution in [0.2, 0.25) is 0 Å². The Hall–Kier alpha value is -2.85. The highest BCUT2D eigenvalue weighted by Crippen LogP contribution is 2.14. The lowest BCUT2D eigenvalue weighted by molar-refractivity contribution is 0.284. The first-order valence-electron chi connectivity index (χ1n) is 9.36. The van der Waals surface area contributed by atoms with Crippen LogP contribution in [0.1, 0.15) is 41.1 Å². The molecule has 2 N–H and O–H groups in total. The van der Waals surface area contributed by atoms with Gasteiger partial charge in [0, 0.05) is 18.4 Å². The van der Waals surface area contributed by atoms with Crippen LogP contribution in [0.25, 0.3) is 12.2 Å². The van der Waals surface area contributed by atoms with Gasteiger partial charge in [-0.15, -0.1) is 0 Å². The molecule has 0 fully saturated rings. The summed E-state index contributed by atoms with van der Waals surface area (Å²) in [5.41, 5.74) is 5.58. The van der Waals surface area contributed by atoms with Crippen molar-refractivity contribution >= 4 is 17.8 Å². The number of nitrogens with zero attached hydrogens (tertiary/aromatic N) is 1. The van der Waals surface area contributed by atoms with Crippen LogP contribution in [0.4, 0.5) is 5.69 Å². The summed E-state index contributed by atoms with van der Waals surface area (Å²) in [6, 6.07) is 16.7. The first-order valence-corrected chi connectivity index (χ1v) is 9.36. The molecule has 4 heteroatoms. The number of oxazole rings is 1. The zero-order valence-corrected chi connectivity index (χ0v) is 15.7. The van der Waals surface area contributed by atoms with Crippen molar-refractivity contribution in [3.63, 3.8) is 0 Å². The lowest BCUT2D eigenvalue weighted by atomic mass is 10.1. The molecule has 3 rings (SSSR count). The zero-order chi connectivity index (χ0) is 18.9. The number of hydrogen-bond donors (Lipinski definition) is 2. The number of anilines is 1. The molecule has 1 heterocycles.